The largest absolute Gasteiger partial charge is 0.289 e. The van der Waals surface area contributed by atoms with Crippen LogP contribution in [0.15, 0.2) is 158 Å². The average molecular weight is 1230 g/mol. The Hall–Kier alpha value is -9.21. The van der Waals surface area contributed by atoms with Gasteiger partial charge in [-0.05, 0) is 221 Å². The number of benzene rings is 8. The molecule has 0 radical (unpaired) electrons. The predicted octanol–water partition coefficient (Wildman–Crippen LogP) is 21.7. The minimum Gasteiger partial charge on any atom is -0.289 e. The predicted molar refractivity (Wildman–Crippen MR) is 400 cm³/mol. The number of hydrogen-bond acceptors (Lipinski definition) is 1. The fourth-order valence-electron chi connectivity index (χ4n) is 10.4. The smallest absolute Gasteiger partial charge is 0.193 e. The minimum absolute atomic E-state index is 0.0342. The van der Waals surface area contributed by atoms with E-state index in [0.717, 1.165) is 66.8 Å². The van der Waals surface area contributed by atoms with E-state index in [1.807, 2.05) is 72.8 Å². The van der Waals surface area contributed by atoms with Crippen LogP contribution in [0.5, 0.6) is 0 Å². The molecule has 0 amide bonds. The van der Waals surface area contributed by atoms with Crippen LogP contribution in [-0.2, 0) is 43.3 Å². The van der Waals surface area contributed by atoms with Crippen LogP contribution in [0.2, 0.25) is 0 Å². The van der Waals surface area contributed by atoms with Gasteiger partial charge in [0.25, 0.3) is 0 Å². The summed E-state index contributed by atoms with van der Waals surface area (Å²) in [5.74, 6) is 41.6. The summed E-state index contributed by atoms with van der Waals surface area (Å²) in [6.07, 6.45) is 0. The zero-order valence-electron chi connectivity index (χ0n) is 60.9. The molecule has 8 aromatic carbocycles. The number of rotatable bonds is 2. The number of ketones is 1. The van der Waals surface area contributed by atoms with Gasteiger partial charge in [-0.25, -0.2) is 0 Å². The van der Waals surface area contributed by atoms with Gasteiger partial charge in [0.1, 0.15) is 0 Å². The van der Waals surface area contributed by atoms with Crippen molar-refractivity contribution < 1.29 is 4.79 Å². The lowest BCUT2D eigenvalue weighted by Crippen LogP contribution is -2.16. The number of carbonyl (C=O) groups is 1. The summed E-state index contributed by atoms with van der Waals surface area (Å²) in [4.78, 5) is 14.1. The first-order valence-corrected chi connectivity index (χ1v) is 33.2. The van der Waals surface area contributed by atoms with Gasteiger partial charge in [0.2, 0.25) is 0 Å². The van der Waals surface area contributed by atoms with Crippen molar-refractivity contribution in [1.29, 1.82) is 0 Å². The van der Waals surface area contributed by atoms with E-state index in [9.17, 15) is 4.79 Å². The Kier molecular flexibility index (Phi) is 20.3. The molecule has 0 aromatic heterocycles. The molecule has 1 heteroatoms. The van der Waals surface area contributed by atoms with Crippen LogP contribution < -0.4 is 0 Å². The van der Waals surface area contributed by atoms with Crippen molar-refractivity contribution in [3.05, 3.63) is 280 Å². The molecule has 0 fully saturated rings. The third kappa shape index (κ3) is 19.4. The molecule has 0 spiro atoms. The van der Waals surface area contributed by atoms with Crippen molar-refractivity contribution in [3.63, 3.8) is 0 Å². The Morgan fingerprint density at radius 2 is 0.309 bits per heavy atom. The molecule has 476 valence electrons. The van der Waals surface area contributed by atoms with Crippen molar-refractivity contribution in [2.75, 3.05) is 0 Å². The highest BCUT2D eigenvalue weighted by Crippen LogP contribution is 2.35. The van der Waals surface area contributed by atoms with Crippen molar-refractivity contribution in [2.24, 2.45) is 0 Å². The van der Waals surface area contributed by atoms with Crippen LogP contribution in [0, 0.1) is 71.0 Å². The summed E-state index contributed by atoms with van der Waals surface area (Å²) < 4.78 is 0. The van der Waals surface area contributed by atoms with Crippen LogP contribution in [0.25, 0.3) is 0 Å². The molecule has 0 unspecified atom stereocenters. The molecule has 0 atom stereocenters. The van der Waals surface area contributed by atoms with Crippen molar-refractivity contribution in [1.82, 2.24) is 0 Å². The van der Waals surface area contributed by atoms with Gasteiger partial charge in [-0.15, -0.1) is 0 Å². The standard InChI is InChI=1S/C93H98O/c1-86(2,3)77-51-71(52-78(59-77)87(4,5)6)33-29-67-45-65(46-68(49-67)30-34-72-53-79(88(7,8)9)60-80(54-72)89(10,11)12)27-25-63-37-41-75(42-38-63)85(94)76-43-39-64(40-44-76)26-28-66-47-69(31-35-73-55-81(90(13,14)15)61-82(56-73)91(16,17)18)50-70(48-66)32-36-74-57-83(92(19,20)21)62-84(58-74)93(22,23)24/h37-62H,1-24H3. The van der Waals surface area contributed by atoms with Gasteiger partial charge in [0.05, 0.1) is 0 Å². The second kappa shape index (κ2) is 27.0. The first-order chi connectivity index (χ1) is 43.4. The van der Waals surface area contributed by atoms with Gasteiger partial charge in [-0.2, -0.15) is 0 Å². The van der Waals surface area contributed by atoms with Crippen molar-refractivity contribution >= 4 is 5.78 Å². The fourth-order valence-corrected chi connectivity index (χ4v) is 10.4. The Morgan fingerprint density at radius 3 is 0.447 bits per heavy atom. The fraction of sp³-hybridized carbons (Fsp3) is 0.344. The first kappa shape index (κ1) is 70.7. The molecular formula is C93H98O. The van der Waals surface area contributed by atoms with Gasteiger partial charge >= 0.3 is 0 Å². The zero-order valence-corrected chi connectivity index (χ0v) is 60.9. The molecule has 0 bridgehead atoms. The molecule has 8 aromatic rings. The SMILES string of the molecule is CC(C)(C)c1cc(C#Cc2cc(C#Cc3ccc(C(=O)c4ccc(C#Cc5cc(C#Cc6cc(C(C)(C)C)cc(C(C)(C)C)c6)cc(C#Cc6cc(C(C)(C)C)cc(C(C)(C)C)c6)c5)cc4)cc3)cc(C#Cc3cc(C(C)(C)C)cc(C(C)(C)C)c3)c2)cc(C(C)(C)C)c1. The molecule has 0 aliphatic heterocycles. The van der Waals surface area contributed by atoms with E-state index in [-0.39, 0.29) is 49.1 Å². The van der Waals surface area contributed by atoms with Gasteiger partial charge in [-0.1, -0.05) is 261 Å². The van der Waals surface area contributed by atoms with Crippen molar-refractivity contribution in [2.45, 2.75) is 209 Å². The highest BCUT2D eigenvalue weighted by atomic mass is 16.1. The van der Waals surface area contributed by atoms with Crippen molar-refractivity contribution in [3.8, 4) is 71.0 Å². The monoisotopic (exact) mass is 1230 g/mol. The van der Waals surface area contributed by atoms with E-state index in [1.165, 1.54) is 44.5 Å². The minimum atomic E-state index is -0.0846. The topological polar surface area (TPSA) is 17.1 Å². The molecule has 94 heavy (non-hydrogen) atoms. The third-order valence-electron chi connectivity index (χ3n) is 16.9. The van der Waals surface area contributed by atoms with E-state index >= 15 is 0 Å². The molecular weight excluding hydrogens is 1130 g/mol. The van der Waals surface area contributed by atoms with Crippen LogP contribution in [-0.4, -0.2) is 5.78 Å². The summed E-state index contributed by atoms with van der Waals surface area (Å²) in [6, 6.07) is 54.3. The highest BCUT2D eigenvalue weighted by Gasteiger charge is 2.25. The molecule has 0 saturated carbocycles. The summed E-state index contributed by atoms with van der Waals surface area (Å²) in [7, 11) is 0. The quantitative estimate of drug-likeness (QED) is 0.125. The van der Waals surface area contributed by atoms with Crippen LogP contribution in [0.3, 0.4) is 0 Å². The maximum atomic E-state index is 14.1. The molecule has 8 rings (SSSR count). The first-order valence-electron chi connectivity index (χ1n) is 33.2. The Labute approximate surface area is 567 Å². The summed E-state index contributed by atoms with van der Waals surface area (Å²) in [6.45, 7) is 54.0. The maximum Gasteiger partial charge on any atom is 0.193 e. The molecule has 0 saturated heterocycles. The summed E-state index contributed by atoms with van der Waals surface area (Å²) in [5, 5.41) is 0. The summed E-state index contributed by atoms with van der Waals surface area (Å²) >= 11 is 0. The van der Waals surface area contributed by atoms with Crippen LogP contribution in [0.4, 0.5) is 0 Å². The second-order valence-electron chi connectivity index (χ2n) is 33.8. The average Bonchev–Trinajstić information content (AvgIpc) is 0.905. The van der Waals surface area contributed by atoms with Crippen LogP contribution >= 0.6 is 0 Å². The molecule has 1 nitrogen and oxygen atoms in total. The Morgan fingerprint density at radius 1 is 0.181 bits per heavy atom. The Balaban J connectivity index is 1.09. The number of carbonyl (C=O) groups excluding carboxylic acids is 1. The lowest BCUT2D eigenvalue weighted by atomic mass is 9.79. The van der Waals surface area contributed by atoms with E-state index < -0.39 is 0 Å². The molecule has 0 N–H and O–H groups in total. The van der Waals surface area contributed by atoms with Crippen LogP contribution in [0.1, 0.15) is 293 Å². The van der Waals surface area contributed by atoms with E-state index in [4.69, 9.17) is 0 Å². The lowest BCUT2D eigenvalue weighted by molar-refractivity contribution is 0.103. The molecule has 0 heterocycles. The Bertz CT molecular complexity index is 3960. The molecule has 0 aliphatic carbocycles. The molecule has 0 aliphatic rings. The maximum absolute atomic E-state index is 14.1. The summed E-state index contributed by atoms with van der Waals surface area (Å²) in [5.41, 5.74) is 21.3. The normalized spacial score (nSPS) is 12.0. The van der Waals surface area contributed by atoms with Gasteiger partial charge in [0.15, 0.2) is 5.78 Å². The van der Waals surface area contributed by atoms with E-state index in [2.05, 4.69) is 322 Å². The van der Waals surface area contributed by atoms with E-state index in [0.29, 0.717) is 11.1 Å². The van der Waals surface area contributed by atoms with Gasteiger partial charge in [-0.3, -0.25) is 4.79 Å². The second-order valence-corrected chi connectivity index (χ2v) is 33.8. The lowest BCUT2D eigenvalue weighted by Gasteiger charge is -2.25. The van der Waals surface area contributed by atoms with E-state index in [1.54, 1.807) is 0 Å². The van der Waals surface area contributed by atoms with Gasteiger partial charge < -0.3 is 0 Å². The zero-order chi connectivity index (χ0) is 69.1. The van der Waals surface area contributed by atoms with Gasteiger partial charge in [0, 0.05) is 77.9 Å². The third-order valence-corrected chi connectivity index (χ3v) is 16.9. The number of hydrogen-bond donors (Lipinski definition) is 0. The highest BCUT2D eigenvalue weighted by molar-refractivity contribution is 6.09.